The molecule has 4 aliphatic rings. The van der Waals surface area contributed by atoms with Crippen LogP contribution in [0.4, 0.5) is 19.0 Å². The molecule has 2 heterocycles. The summed E-state index contributed by atoms with van der Waals surface area (Å²) >= 11 is 0. The first-order chi connectivity index (χ1) is 15.8. The quantitative estimate of drug-likeness (QED) is 0.608. The molecule has 3 aliphatic carbocycles. The Labute approximate surface area is 190 Å². The van der Waals surface area contributed by atoms with Gasteiger partial charge in [-0.2, -0.15) is 13.2 Å². The number of hydrogen-bond donors (Lipinski definition) is 3. The highest BCUT2D eigenvalue weighted by molar-refractivity contribution is 5.74. The lowest BCUT2D eigenvalue weighted by molar-refractivity contribution is -0.137. The number of aliphatic hydroxyl groups is 1. The molecule has 2 aromatic rings. The lowest BCUT2D eigenvalue weighted by Crippen LogP contribution is -2.43. The second kappa shape index (κ2) is 8.76. The summed E-state index contributed by atoms with van der Waals surface area (Å²) in [4.78, 5) is 2.24. The zero-order valence-electron chi connectivity index (χ0n) is 18.4. The molecule has 3 N–H and O–H groups in total. The molecule has 0 amide bonds. The molecule has 0 unspecified atom stereocenters. The predicted octanol–water partition coefficient (Wildman–Crippen LogP) is 4.49. The maximum atomic E-state index is 13.1. The normalized spacial score (nSPS) is 25.2. The van der Waals surface area contributed by atoms with Crippen LogP contribution in [-0.2, 0) is 6.18 Å². The highest BCUT2D eigenvalue weighted by Crippen LogP contribution is 2.54. The molecule has 6 rings (SSSR count). The van der Waals surface area contributed by atoms with E-state index in [9.17, 15) is 23.4 Å². The highest BCUT2D eigenvalue weighted by atomic mass is 19.4. The number of aliphatic hydroxyl groups excluding tert-OH is 1. The molecule has 0 spiro atoms. The van der Waals surface area contributed by atoms with E-state index in [-0.39, 0.29) is 18.6 Å². The molecule has 1 aromatic carbocycles. The molecular weight excluding hydrogens is 433 g/mol. The van der Waals surface area contributed by atoms with Gasteiger partial charge in [-0.3, -0.25) is 4.90 Å². The Morgan fingerprint density at radius 1 is 1.03 bits per heavy atom. The number of fused-ring (bicyclic) bond motifs is 2. The molecule has 2 fully saturated rings. The number of alkyl halides is 3. The molecule has 33 heavy (non-hydrogen) atoms. The van der Waals surface area contributed by atoms with Crippen LogP contribution in [0.3, 0.4) is 0 Å². The smallest absolute Gasteiger partial charge is 0.416 e. The van der Waals surface area contributed by atoms with Crippen molar-refractivity contribution in [3.05, 3.63) is 34.9 Å². The van der Waals surface area contributed by atoms with E-state index in [1.165, 1.54) is 6.07 Å². The maximum absolute atomic E-state index is 13.1. The summed E-state index contributed by atoms with van der Waals surface area (Å²) in [5.74, 6) is 0.964. The molecule has 1 atom stereocenters. The standard InChI is InChI=1S/C24H29F3N4O2/c25-24(26,27)16-7-8-18(19(33)12-16)22-20-14-3-5-15(6-4-14)21(20)23(30-29-22)28-17-2-1-9-31(13-17)10-11-32/h7-8,12,14-15,17,32-33H,1-6,9-11,13H2,(H,28,30)/t14?,15?,17-/m1/s1. The molecule has 2 bridgehead atoms. The monoisotopic (exact) mass is 462 g/mol. The van der Waals surface area contributed by atoms with Crippen molar-refractivity contribution in [1.29, 1.82) is 0 Å². The average Bonchev–Trinajstić information content (AvgIpc) is 2.80. The summed E-state index contributed by atoms with van der Waals surface area (Å²) in [7, 11) is 0. The van der Waals surface area contributed by atoms with Gasteiger partial charge in [0.15, 0.2) is 5.82 Å². The zero-order chi connectivity index (χ0) is 23.2. The lowest BCUT2D eigenvalue weighted by Gasteiger charge is -2.41. The van der Waals surface area contributed by atoms with E-state index in [2.05, 4.69) is 20.4 Å². The Hall–Kier alpha value is -2.39. The maximum Gasteiger partial charge on any atom is 0.416 e. The largest absolute Gasteiger partial charge is 0.507 e. The van der Waals surface area contributed by atoms with Crippen molar-refractivity contribution in [3.8, 4) is 17.0 Å². The van der Waals surface area contributed by atoms with Crippen LogP contribution in [0.25, 0.3) is 11.3 Å². The van der Waals surface area contributed by atoms with E-state index in [4.69, 9.17) is 0 Å². The Morgan fingerprint density at radius 2 is 1.76 bits per heavy atom. The molecule has 1 aromatic heterocycles. The molecule has 6 nitrogen and oxygen atoms in total. The number of phenols is 1. The summed E-state index contributed by atoms with van der Waals surface area (Å²) in [6.07, 6.45) is 1.70. The minimum absolute atomic E-state index is 0.136. The SMILES string of the molecule is OCCN1CCC[C@@H](Nc2nnc(-c3ccc(C(F)(F)F)cc3O)c3c2C2CCC3CC2)C1. The van der Waals surface area contributed by atoms with E-state index in [0.29, 0.717) is 23.7 Å². The summed E-state index contributed by atoms with van der Waals surface area (Å²) < 4.78 is 39.3. The number of rotatable bonds is 5. The third-order valence-corrected chi connectivity index (χ3v) is 7.44. The Balaban J connectivity index is 1.52. The van der Waals surface area contributed by atoms with Gasteiger partial charge < -0.3 is 15.5 Å². The number of benzene rings is 1. The van der Waals surface area contributed by atoms with Crippen molar-refractivity contribution in [3.63, 3.8) is 0 Å². The Kier molecular flexibility index (Phi) is 5.95. The second-order valence-electron chi connectivity index (χ2n) is 9.51. The lowest BCUT2D eigenvalue weighted by atomic mass is 9.66. The number of piperidine rings is 1. The summed E-state index contributed by atoms with van der Waals surface area (Å²) in [5.41, 5.74) is 2.09. The number of nitrogens with zero attached hydrogens (tertiary/aromatic N) is 3. The van der Waals surface area contributed by atoms with Crippen LogP contribution in [0.1, 0.15) is 67.1 Å². The van der Waals surface area contributed by atoms with Gasteiger partial charge in [0.1, 0.15) is 11.4 Å². The minimum Gasteiger partial charge on any atom is -0.507 e. The van der Waals surface area contributed by atoms with Crippen molar-refractivity contribution < 1.29 is 23.4 Å². The van der Waals surface area contributed by atoms with Crippen LogP contribution in [-0.4, -0.2) is 57.6 Å². The number of halogens is 3. The van der Waals surface area contributed by atoms with Crippen molar-refractivity contribution in [2.24, 2.45) is 0 Å². The molecule has 1 aliphatic heterocycles. The number of β-amino-alcohol motifs (C(OH)–C–C–N with tert-alkyl or cyclic N) is 1. The molecule has 1 saturated heterocycles. The van der Waals surface area contributed by atoms with Crippen LogP contribution < -0.4 is 5.32 Å². The van der Waals surface area contributed by atoms with Gasteiger partial charge in [0.2, 0.25) is 0 Å². The van der Waals surface area contributed by atoms with Gasteiger partial charge in [-0.15, -0.1) is 10.2 Å². The van der Waals surface area contributed by atoms with Gasteiger partial charge in [0, 0.05) is 30.3 Å². The molecule has 9 heteroatoms. The van der Waals surface area contributed by atoms with E-state index >= 15 is 0 Å². The van der Waals surface area contributed by atoms with E-state index in [1.807, 2.05) is 0 Å². The van der Waals surface area contributed by atoms with Gasteiger partial charge in [0.05, 0.1) is 12.2 Å². The van der Waals surface area contributed by atoms with Crippen molar-refractivity contribution in [2.45, 2.75) is 62.6 Å². The fourth-order valence-electron chi connectivity index (χ4n) is 5.89. The van der Waals surface area contributed by atoms with Crippen LogP contribution in [0.2, 0.25) is 0 Å². The van der Waals surface area contributed by atoms with Gasteiger partial charge in [-0.1, -0.05) is 0 Å². The van der Waals surface area contributed by atoms with Crippen LogP contribution in [0, 0.1) is 0 Å². The number of likely N-dealkylation sites (tertiary alicyclic amines) is 1. The summed E-state index contributed by atoms with van der Waals surface area (Å²) in [6.45, 7) is 2.59. The Bertz CT molecular complexity index is 1020. The van der Waals surface area contributed by atoms with Crippen molar-refractivity contribution >= 4 is 5.82 Å². The molecule has 178 valence electrons. The van der Waals surface area contributed by atoms with Crippen LogP contribution in [0.15, 0.2) is 18.2 Å². The Morgan fingerprint density at radius 3 is 2.42 bits per heavy atom. The number of phenolic OH excluding ortho intramolecular Hbond substituents is 1. The first kappa shape index (κ1) is 22.4. The summed E-state index contributed by atoms with van der Waals surface area (Å²) in [5, 5.41) is 32.3. The number of nitrogens with one attached hydrogen (secondary N) is 1. The van der Waals surface area contributed by atoms with Crippen molar-refractivity contribution in [2.75, 3.05) is 31.6 Å². The number of anilines is 1. The fourth-order valence-corrected chi connectivity index (χ4v) is 5.89. The van der Waals surface area contributed by atoms with Gasteiger partial charge >= 0.3 is 6.18 Å². The second-order valence-corrected chi connectivity index (χ2v) is 9.51. The third kappa shape index (κ3) is 4.28. The average molecular weight is 463 g/mol. The van der Waals surface area contributed by atoms with Gasteiger partial charge in [0.25, 0.3) is 0 Å². The molecule has 0 radical (unpaired) electrons. The number of aromatic hydroxyl groups is 1. The van der Waals surface area contributed by atoms with E-state index in [0.717, 1.165) is 80.7 Å². The first-order valence-corrected chi connectivity index (χ1v) is 11.8. The van der Waals surface area contributed by atoms with Crippen molar-refractivity contribution in [1.82, 2.24) is 15.1 Å². The summed E-state index contributed by atoms with van der Waals surface area (Å²) in [6, 6.07) is 3.28. The number of aromatic nitrogens is 2. The first-order valence-electron chi connectivity index (χ1n) is 11.8. The fraction of sp³-hybridized carbons (Fsp3) is 0.583. The predicted molar refractivity (Wildman–Crippen MR) is 118 cm³/mol. The van der Waals surface area contributed by atoms with Gasteiger partial charge in [-0.05, 0) is 80.7 Å². The minimum atomic E-state index is -4.52. The van der Waals surface area contributed by atoms with Crippen LogP contribution in [0.5, 0.6) is 5.75 Å². The molecule has 1 saturated carbocycles. The van der Waals surface area contributed by atoms with Crippen LogP contribution >= 0.6 is 0 Å². The molecular formula is C24H29F3N4O2. The highest BCUT2D eigenvalue weighted by Gasteiger charge is 2.39. The topological polar surface area (TPSA) is 81.5 Å². The third-order valence-electron chi connectivity index (χ3n) is 7.44. The van der Waals surface area contributed by atoms with E-state index < -0.39 is 17.5 Å². The zero-order valence-corrected chi connectivity index (χ0v) is 18.4. The van der Waals surface area contributed by atoms with Gasteiger partial charge in [-0.25, -0.2) is 0 Å². The number of hydrogen-bond acceptors (Lipinski definition) is 6. The van der Waals surface area contributed by atoms with E-state index in [1.54, 1.807) is 0 Å².